The average Bonchev–Trinajstić information content (AvgIpc) is 2.78. The Morgan fingerprint density at radius 3 is 2.53 bits per heavy atom. The molecule has 2 aliphatic rings. The van der Waals surface area contributed by atoms with E-state index < -0.39 is 17.3 Å². The van der Waals surface area contributed by atoms with E-state index in [-0.39, 0.29) is 11.6 Å². The van der Waals surface area contributed by atoms with Crippen molar-refractivity contribution in [3.63, 3.8) is 0 Å². The highest BCUT2D eigenvalue weighted by molar-refractivity contribution is 6.02. The summed E-state index contributed by atoms with van der Waals surface area (Å²) < 4.78 is 5.70. The van der Waals surface area contributed by atoms with Crippen molar-refractivity contribution in [2.24, 2.45) is 17.3 Å². The van der Waals surface area contributed by atoms with Gasteiger partial charge in [0.2, 0.25) is 0 Å². The molecule has 30 heavy (non-hydrogen) atoms. The third-order valence-electron chi connectivity index (χ3n) is 6.43. The van der Waals surface area contributed by atoms with Gasteiger partial charge in [0.15, 0.2) is 5.41 Å². The number of ether oxygens (including phenoxy) is 1. The van der Waals surface area contributed by atoms with Crippen molar-refractivity contribution in [3.05, 3.63) is 53.6 Å². The van der Waals surface area contributed by atoms with Crippen molar-refractivity contribution in [2.45, 2.75) is 5.92 Å². The highest BCUT2D eigenvalue weighted by Crippen LogP contribution is 2.56. The lowest BCUT2D eigenvalue weighted by Crippen LogP contribution is -2.52. The molecule has 0 bridgehead atoms. The molecule has 3 atom stereocenters. The second kappa shape index (κ2) is 7.30. The van der Waals surface area contributed by atoms with Crippen molar-refractivity contribution < 1.29 is 4.74 Å². The Labute approximate surface area is 175 Å². The van der Waals surface area contributed by atoms with Gasteiger partial charge in [0.1, 0.15) is 11.7 Å². The number of hydrogen-bond donors (Lipinski definition) is 1. The summed E-state index contributed by atoms with van der Waals surface area (Å²) in [5, 5.41) is 41.0. The number of benzene rings is 2. The number of rotatable bonds is 2. The van der Waals surface area contributed by atoms with Crippen LogP contribution in [0.4, 0.5) is 0 Å². The quantitative estimate of drug-likeness (QED) is 0.781. The smallest absolute Gasteiger partial charge is 0.189 e. The maximum absolute atomic E-state index is 10.3. The van der Waals surface area contributed by atoms with Crippen LogP contribution in [0.15, 0.2) is 48.0 Å². The van der Waals surface area contributed by atoms with Gasteiger partial charge in [-0.3, -0.25) is 0 Å². The Kier molecular flexibility index (Phi) is 4.78. The summed E-state index contributed by atoms with van der Waals surface area (Å²) in [5.41, 5.74) is -0.298. The standard InChI is InChI=1S/C24H21N5O/c1-29-10-9-17-18(11-25)23(28)24(13-26,14-27)22(19(17)12-29)21-16-6-4-3-5-15(16)7-8-20(21)30-2/h3-9,18-19,22,28H,10,12H2,1-2H3/t18?,19-,22+/m1/s1. The van der Waals surface area contributed by atoms with E-state index in [1.165, 1.54) is 0 Å². The molecule has 1 aliphatic heterocycles. The van der Waals surface area contributed by atoms with Gasteiger partial charge in [-0.05, 0) is 29.5 Å². The van der Waals surface area contributed by atoms with Gasteiger partial charge >= 0.3 is 0 Å². The molecule has 4 rings (SSSR count). The highest BCUT2D eigenvalue weighted by atomic mass is 16.5. The lowest BCUT2D eigenvalue weighted by Gasteiger charge is -2.47. The number of fused-ring (bicyclic) bond motifs is 2. The number of methoxy groups -OCH3 is 1. The molecule has 6 heteroatoms. The number of nitrogens with zero attached hydrogens (tertiary/aromatic N) is 4. The van der Waals surface area contributed by atoms with Crippen LogP contribution in [-0.2, 0) is 0 Å². The lowest BCUT2D eigenvalue weighted by atomic mass is 9.54. The first-order valence-electron chi connectivity index (χ1n) is 9.77. The maximum atomic E-state index is 10.3. The van der Waals surface area contributed by atoms with Crippen LogP contribution in [0.25, 0.3) is 10.8 Å². The van der Waals surface area contributed by atoms with Gasteiger partial charge in [0.25, 0.3) is 0 Å². The molecule has 0 amide bonds. The van der Waals surface area contributed by atoms with E-state index in [1.54, 1.807) is 7.11 Å². The molecule has 1 N–H and O–H groups in total. The summed E-state index contributed by atoms with van der Waals surface area (Å²) in [6.07, 6.45) is 1.99. The van der Waals surface area contributed by atoms with E-state index in [0.717, 1.165) is 21.9 Å². The first-order chi connectivity index (χ1) is 14.5. The minimum Gasteiger partial charge on any atom is -0.496 e. The topological polar surface area (TPSA) is 108 Å². The summed E-state index contributed by atoms with van der Waals surface area (Å²) >= 11 is 0. The van der Waals surface area contributed by atoms with Crippen LogP contribution in [-0.4, -0.2) is 37.9 Å². The van der Waals surface area contributed by atoms with E-state index in [0.29, 0.717) is 18.8 Å². The third kappa shape index (κ3) is 2.61. The second-order valence-corrected chi connectivity index (χ2v) is 7.92. The number of likely N-dealkylation sites (N-methyl/N-ethyl adjacent to an activating group) is 1. The first kappa shape index (κ1) is 19.6. The molecule has 0 aromatic heterocycles. The predicted octanol–water partition coefficient (Wildman–Crippen LogP) is 3.63. The minimum absolute atomic E-state index is 0.137. The van der Waals surface area contributed by atoms with Crippen LogP contribution < -0.4 is 4.74 Å². The number of hydrogen-bond acceptors (Lipinski definition) is 6. The fourth-order valence-corrected chi connectivity index (χ4v) is 5.04. The van der Waals surface area contributed by atoms with E-state index in [2.05, 4.69) is 23.1 Å². The molecule has 1 heterocycles. The molecular formula is C24H21N5O. The van der Waals surface area contributed by atoms with E-state index in [4.69, 9.17) is 10.1 Å². The van der Waals surface area contributed by atoms with Crippen molar-refractivity contribution in [1.82, 2.24) is 4.90 Å². The molecule has 1 unspecified atom stereocenters. The fraction of sp³-hybridized carbons (Fsp3) is 0.333. The Balaban J connectivity index is 2.10. The molecule has 0 saturated heterocycles. The maximum Gasteiger partial charge on any atom is 0.189 e. The average molecular weight is 395 g/mol. The van der Waals surface area contributed by atoms with Crippen molar-refractivity contribution in [3.8, 4) is 24.0 Å². The summed E-state index contributed by atoms with van der Waals surface area (Å²) in [7, 11) is 3.55. The van der Waals surface area contributed by atoms with Crippen LogP contribution in [0, 0.1) is 56.7 Å². The summed E-state index contributed by atoms with van der Waals surface area (Å²) in [5.74, 6) is -1.15. The van der Waals surface area contributed by atoms with Crippen LogP contribution in [0.2, 0.25) is 0 Å². The lowest BCUT2D eigenvalue weighted by molar-refractivity contribution is 0.233. The van der Waals surface area contributed by atoms with Crippen LogP contribution in [0.5, 0.6) is 5.75 Å². The van der Waals surface area contributed by atoms with Crippen LogP contribution >= 0.6 is 0 Å². The molecule has 148 valence electrons. The van der Waals surface area contributed by atoms with Gasteiger partial charge < -0.3 is 15.0 Å². The molecule has 1 fully saturated rings. The van der Waals surface area contributed by atoms with E-state index in [9.17, 15) is 15.8 Å². The molecule has 1 aliphatic carbocycles. The zero-order valence-electron chi connectivity index (χ0n) is 16.9. The summed E-state index contributed by atoms with van der Waals surface area (Å²) in [6.45, 7) is 1.27. The molecule has 0 radical (unpaired) electrons. The molecule has 6 nitrogen and oxygen atoms in total. The van der Waals surface area contributed by atoms with Gasteiger partial charge in [-0.1, -0.05) is 36.4 Å². The summed E-state index contributed by atoms with van der Waals surface area (Å²) in [4.78, 5) is 2.11. The van der Waals surface area contributed by atoms with Crippen molar-refractivity contribution in [1.29, 1.82) is 21.2 Å². The molecule has 0 spiro atoms. The second-order valence-electron chi connectivity index (χ2n) is 7.92. The van der Waals surface area contributed by atoms with Gasteiger partial charge in [0.05, 0.1) is 31.0 Å². The monoisotopic (exact) mass is 395 g/mol. The minimum atomic E-state index is -1.75. The Morgan fingerprint density at radius 1 is 1.13 bits per heavy atom. The molecule has 1 saturated carbocycles. The van der Waals surface area contributed by atoms with Crippen molar-refractivity contribution >= 4 is 16.5 Å². The molecular weight excluding hydrogens is 374 g/mol. The molecule has 2 aromatic rings. The fourth-order valence-electron chi connectivity index (χ4n) is 5.04. The summed E-state index contributed by atoms with van der Waals surface area (Å²) in [6, 6.07) is 18.1. The zero-order chi connectivity index (χ0) is 21.5. The number of nitriles is 3. The predicted molar refractivity (Wildman–Crippen MR) is 113 cm³/mol. The van der Waals surface area contributed by atoms with E-state index >= 15 is 0 Å². The Hall–Kier alpha value is -3.66. The Bertz CT molecular complexity index is 1180. The van der Waals surface area contributed by atoms with Gasteiger partial charge in [-0.25, -0.2) is 0 Å². The van der Waals surface area contributed by atoms with Gasteiger partial charge in [-0.15, -0.1) is 0 Å². The highest BCUT2D eigenvalue weighted by Gasteiger charge is 2.58. The Morgan fingerprint density at radius 2 is 1.87 bits per heavy atom. The SMILES string of the molecule is COc1ccc2ccccc2c1[C@@H]1[C@@H]2CN(C)CC=C2C(C#N)C(=N)C1(C#N)C#N. The molecule has 2 aromatic carbocycles. The largest absolute Gasteiger partial charge is 0.496 e. The third-order valence-corrected chi connectivity index (χ3v) is 6.43. The number of nitrogens with one attached hydrogen (secondary N) is 1. The van der Waals surface area contributed by atoms with Crippen LogP contribution in [0.1, 0.15) is 11.5 Å². The normalized spacial score (nSPS) is 25.4. The van der Waals surface area contributed by atoms with Gasteiger partial charge in [0, 0.05) is 30.5 Å². The van der Waals surface area contributed by atoms with Gasteiger partial charge in [-0.2, -0.15) is 15.8 Å². The first-order valence-corrected chi connectivity index (χ1v) is 9.77. The van der Waals surface area contributed by atoms with Crippen LogP contribution in [0.3, 0.4) is 0 Å². The van der Waals surface area contributed by atoms with E-state index in [1.807, 2.05) is 49.5 Å². The zero-order valence-corrected chi connectivity index (χ0v) is 16.9. The van der Waals surface area contributed by atoms with Crippen molar-refractivity contribution in [2.75, 3.05) is 27.2 Å².